The summed E-state index contributed by atoms with van der Waals surface area (Å²) >= 11 is 0. The van der Waals surface area contributed by atoms with E-state index < -0.39 is 88.6 Å². The monoisotopic (exact) mass is 632 g/mol. The minimum Gasteiger partial charge on any atom is -0.455 e. The van der Waals surface area contributed by atoms with Crippen LogP contribution in [0, 0.1) is 23.7 Å². The highest BCUT2D eigenvalue weighted by Gasteiger charge is 2.90. The quantitative estimate of drug-likeness (QED) is 0.371. The van der Waals surface area contributed by atoms with Crippen molar-refractivity contribution in [3.05, 3.63) is 83.9 Å². The van der Waals surface area contributed by atoms with Crippen LogP contribution >= 0.6 is 0 Å². The summed E-state index contributed by atoms with van der Waals surface area (Å²) in [5, 5.41) is 25.4. The Kier molecular flexibility index (Phi) is 6.24. The smallest absolute Gasteiger partial charge is 0.338 e. The van der Waals surface area contributed by atoms with Crippen LogP contribution < -0.4 is 0 Å². The third kappa shape index (κ3) is 3.47. The van der Waals surface area contributed by atoms with E-state index in [9.17, 15) is 19.8 Å². The lowest BCUT2D eigenvalue weighted by Gasteiger charge is -2.62. The van der Waals surface area contributed by atoms with Crippen molar-refractivity contribution in [2.75, 3.05) is 0 Å². The first-order valence-electron chi connectivity index (χ1n) is 16.1. The number of rotatable bonds is 5. The first-order valence-corrected chi connectivity index (χ1v) is 16.1. The molecule has 3 aliphatic carbocycles. The van der Waals surface area contributed by atoms with E-state index in [1.54, 1.807) is 74.5 Å². The fourth-order valence-corrected chi connectivity index (χ4v) is 10.1. The molecule has 8 rings (SSSR count). The van der Waals surface area contributed by atoms with Crippen LogP contribution in [-0.2, 0) is 28.4 Å². The number of esters is 2. The summed E-state index contributed by atoms with van der Waals surface area (Å²) in [6.07, 6.45) is -4.60. The molecule has 3 saturated carbocycles. The van der Waals surface area contributed by atoms with Gasteiger partial charge in [0.2, 0.25) is 0 Å². The van der Waals surface area contributed by atoms with Crippen molar-refractivity contribution in [2.45, 2.75) is 99.9 Å². The number of hydrogen-bond acceptors (Lipinski definition) is 10. The van der Waals surface area contributed by atoms with E-state index in [1.165, 1.54) is 0 Å². The number of carbonyl (C=O) groups is 2. The van der Waals surface area contributed by atoms with Crippen molar-refractivity contribution < 1.29 is 48.2 Å². The number of aliphatic hydroxyl groups excluding tert-OH is 1. The van der Waals surface area contributed by atoms with Crippen molar-refractivity contribution in [3.8, 4) is 0 Å². The van der Waals surface area contributed by atoms with E-state index in [0.717, 1.165) is 0 Å². The SMILES string of the molecule is C=C(C)[C@@]12OC3(C)O[C@@H]1[C@@H]1[C@H](OC(=O)c4ccccc4)[C@@]4(C)O[C@@]5([C@@H]4OC(=O)c4ccccc4)[C@@H](O)[C@@H](C)C[C@H]5[C@@]1(O)[C@H](C)[C@@H]2O3. The van der Waals surface area contributed by atoms with Crippen molar-refractivity contribution >= 4 is 11.9 Å². The minimum atomic E-state index is -1.69. The largest absolute Gasteiger partial charge is 0.455 e. The topological polar surface area (TPSA) is 130 Å². The van der Waals surface area contributed by atoms with Crippen LogP contribution in [-0.4, -0.2) is 81.0 Å². The number of fused-ring (bicyclic) bond motifs is 5. The zero-order valence-electron chi connectivity index (χ0n) is 26.5. The predicted octanol–water partition coefficient (Wildman–Crippen LogP) is 3.80. The van der Waals surface area contributed by atoms with Gasteiger partial charge in [-0.25, -0.2) is 9.59 Å². The molecule has 3 aliphatic heterocycles. The van der Waals surface area contributed by atoms with E-state index in [4.69, 9.17) is 28.4 Å². The summed E-state index contributed by atoms with van der Waals surface area (Å²) in [4.78, 5) is 27.6. The number of ether oxygens (including phenoxy) is 6. The fourth-order valence-electron chi connectivity index (χ4n) is 10.1. The van der Waals surface area contributed by atoms with Crippen LogP contribution in [0.3, 0.4) is 0 Å². The molecule has 3 heterocycles. The average Bonchev–Trinajstić information content (AvgIpc) is 3.61. The van der Waals surface area contributed by atoms with E-state index in [1.807, 2.05) is 20.8 Å². The molecule has 2 aromatic carbocycles. The second-order valence-electron chi connectivity index (χ2n) is 14.5. The Morgan fingerprint density at radius 2 is 1.46 bits per heavy atom. The Hall–Kier alpha value is -3.12. The standard InChI is InChI=1S/C36H40O10/c1-18(2)35-26-20(4)34(40)23-17-19(3)25(37)36(23)31(42-30(39)22-15-11-8-12-16-22)32(5,45-36)27(41-29(38)21-13-9-7-10-14-21)24(34)28(35)44-33(6,43-26)46-35/h7-16,19-20,23-28,31,37,40H,1,17H2,2-6H3/t19-,20+,23-,24-,25-,26-,27-,28+,31+,32+,33?,34-,35-,36+/m0/s1. The maximum atomic E-state index is 13.9. The van der Waals surface area contributed by atoms with Crippen molar-refractivity contribution in [2.24, 2.45) is 23.7 Å². The Labute approximate surface area is 267 Å². The lowest BCUT2D eigenvalue weighted by Crippen LogP contribution is -2.80. The zero-order chi connectivity index (χ0) is 32.6. The van der Waals surface area contributed by atoms with Crippen LogP contribution in [0.25, 0.3) is 0 Å². The number of benzene rings is 2. The molecule has 4 bridgehead atoms. The molecule has 1 spiro atoms. The predicted molar refractivity (Wildman–Crippen MR) is 161 cm³/mol. The molecule has 10 heteroatoms. The highest BCUT2D eigenvalue weighted by atomic mass is 16.9. The van der Waals surface area contributed by atoms with Crippen molar-refractivity contribution in [1.29, 1.82) is 0 Å². The number of hydrogen-bond donors (Lipinski definition) is 2. The molecule has 0 radical (unpaired) electrons. The Balaban J connectivity index is 1.34. The van der Waals surface area contributed by atoms with E-state index in [2.05, 4.69) is 6.58 Å². The molecule has 0 amide bonds. The second kappa shape index (κ2) is 9.49. The maximum Gasteiger partial charge on any atom is 0.338 e. The molecule has 3 saturated heterocycles. The van der Waals surface area contributed by atoms with Gasteiger partial charge in [-0.3, -0.25) is 0 Å². The highest BCUT2D eigenvalue weighted by Crippen LogP contribution is 2.73. The highest BCUT2D eigenvalue weighted by molar-refractivity contribution is 5.90. The van der Waals surface area contributed by atoms with Gasteiger partial charge in [0.15, 0.2) is 6.10 Å². The van der Waals surface area contributed by atoms with Gasteiger partial charge in [0, 0.05) is 18.8 Å². The molecular weight excluding hydrogens is 592 g/mol. The van der Waals surface area contributed by atoms with Gasteiger partial charge < -0.3 is 38.6 Å². The van der Waals surface area contributed by atoms with Crippen molar-refractivity contribution in [1.82, 2.24) is 0 Å². The molecule has 244 valence electrons. The summed E-state index contributed by atoms with van der Waals surface area (Å²) in [5.74, 6) is -5.33. The Bertz CT molecular complexity index is 1610. The van der Waals surface area contributed by atoms with Gasteiger partial charge in [-0.05, 0) is 56.0 Å². The summed E-state index contributed by atoms with van der Waals surface area (Å²) in [5.41, 5.74) is -4.58. The molecule has 6 fully saturated rings. The van der Waals surface area contributed by atoms with Gasteiger partial charge in [0.1, 0.15) is 35.1 Å². The summed E-state index contributed by atoms with van der Waals surface area (Å²) in [7, 11) is 0. The molecule has 0 aromatic heterocycles. The third-order valence-corrected chi connectivity index (χ3v) is 12.0. The first kappa shape index (κ1) is 30.2. The molecule has 46 heavy (non-hydrogen) atoms. The van der Waals surface area contributed by atoms with Crippen LogP contribution in [0.2, 0.25) is 0 Å². The van der Waals surface area contributed by atoms with Crippen molar-refractivity contribution in [3.63, 3.8) is 0 Å². The molecule has 10 nitrogen and oxygen atoms in total. The van der Waals surface area contributed by atoms with Crippen LogP contribution in [0.5, 0.6) is 0 Å². The third-order valence-electron chi connectivity index (χ3n) is 12.0. The Morgan fingerprint density at radius 1 is 0.891 bits per heavy atom. The number of aliphatic hydroxyl groups is 2. The maximum absolute atomic E-state index is 13.9. The van der Waals surface area contributed by atoms with Crippen LogP contribution in [0.4, 0.5) is 0 Å². The fraction of sp³-hybridized carbons (Fsp3) is 0.556. The average molecular weight is 633 g/mol. The molecule has 14 atom stereocenters. The minimum absolute atomic E-state index is 0.302. The molecule has 6 aliphatic rings. The van der Waals surface area contributed by atoms with E-state index >= 15 is 0 Å². The summed E-state index contributed by atoms with van der Waals surface area (Å²) in [6, 6.07) is 17.1. The second-order valence-corrected chi connectivity index (χ2v) is 14.5. The molecule has 2 aromatic rings. The zero-order valence-corrected chi connectivity index (χ0v) is 26.5. The van der Waals surface area contributed by atoms with Gasteiger partial charge in [-0.2, -0.15) is 0 Å². The Morgan fingerprint density at radius 3 is 2.04 bits per heavy atom. The van der Waals surface area contributed by atoms with Gasteiger partial charge in [-0.15, -0.1) is 0 Å². The van der Waals surface area contributed by atoms with Gasteiger partial charge >= 0.3 is 11.9 Å². The van der Waals surface area contributed by atoms with Gasteiger partial charge in [-0.1, -0.05) is 56.8 Å². The molecular formula is C36H40O10. The molecule has 2 N–H and O–H groups in total. The van der Waals surface area contributed by atoms with E-state index in [-0.39, 0.29) is 5.92 Å². The van der Waals surface area contributed by atoms with Crippen LogP contribution in [0.15, 0.2) is 72.8 Å². The first-order chi connectivity index (χ1) is 21.7. The van der Waals surface area contributed by atoms with Gasteiger partial charge in [0.05, 0.1) is 28.7 Å². The number of carbonyl (C=O) groups excluding carboxylic acids is 2. The van der Waals surface area contributed by atoms with Gasteiger partial charge in [0.25, 0.3) is 5.97 Å². The van der Waals surface area contributed by atoms with Crippen LogP contribution in [0.1, 0.15) is 61.8 Å². The summed E-state index contributed by atoms with van der Waals surface area (Å²) in [6.45, 7) is 13.3. The lowest BCUT2D eigenvalue weighted by atomic mass is 9.53. The lowest BCUT2D eigenvalue weighted by molar-refractivity contribution is -0.388. The summed E-state index contributed by atoms with van der Waals surface area (Å²) < 4.78 is 39.2. The molecule has 1 unspecified atom stereocenters. The van der Waals surface area contributed by atoms with E-state index in [0.29, 0.717) is 23.1 Å². The normalized spacial score (nSPS) is 49.2.